The molecule has 0 saturated carbocycles. The lowest BCUT2D eigenvalue weighted by Crippen LogP contribution is -2.31. The van der Waals surface area contributed by atoms with Crippen molar-refractivity contribution in [2.24, 2.45) is 0 Å². The molecule has 61 heavy (non-hydrogen) atoms. The average Bonchev–Trinajstić information content (AvgIpc) is 3.27. The standard InChI is InChI=1S/C49H40N6O6.4H2/c1-49(61,37-18-9-4-10-19-37)55-43-25-13-24-42(31-43)54-48(60)36-27-34(46(58)52-40-22-11-20-38(29-40)50-44(56)32-14-5-2-6-15-32)26-35(28-36)47(59)53-41-23-12-21-39(30-41)51-45(57)33-16-7-3-8-17-33;;;;/h2-31,55,61H,1H3,(H,50,56)(H,51,57)(H,52,58)(H,53,59)(H,54,60);4*1H. The van der Waals surface area contributed by atoms with Crippen LogP contribution in [0.5, 0.6) is 0 Å². The second kappa shape index (κ2) is 18.5. The Balaban J connectivity index is 0.00000281. The summed E-state index contributed by atoms with van der Waals surface area (Å²) in [5.74, 6) is -2.53. The molecule has 0 spiro atoms. The summed E-state index contributed by atoms with van der Waals surface area (Å²) < 4.78 is 0. The molecular formula is C49H48N6O6. The Labute approximate surface area is 357 Å². The first-order chi connectivity index (χ1) is 29.5. The van der Waals surface area contributed by atoms with Gasteiger partial charge >= 0.3 is 0 Å². The molecule has 5 amide bonds. The molecule has 0 aliphatic heterocycles. The lowest BCUT2D eigenvalue weighted by molar-refractivity contribution is 0.0887. The summed E-state index contributed by atoms with van der Waals surface area (Å²) in [6, 6.07) is 50.4. The minimum atomic E-state index is -1.42. The van der Waals surface area contributed by atoms with E-state index >= 15 is 0 Å². The average molecular weight is 817 g/mol. The third-order valence-electron chi connectivity index (χ3n) is 9.39. The van der Waals surface area contributed by atoms with E-state index < -0.39 is 23.4 Å². The first kappa shape index (κ1) is 40.8. The minimum absolute atomic E-state index is 0. The van der Waals surface area contributed by atoms with Crippen molar-refractivity contribution in [1.29, 1.82) is 0 Å². The predicted molar refractivity (Wildman–Crippen MR) is 247 cm³/mol. The molecule has 1 atom stereocenters. The third kappa shape index (κ3) is 10.8. The van der Waals surface area contributed by atoms with Crippen LogP contribution < -0.4 is 31.9 Å². The molecule has 7 N–H and O–H groups in total. The van der Waals surface area contributed by atoms with Gasteiger partial charge in [0.25, 0.3) is 29.5 Å². The topological polar surface area (TPSA) is 178 Å². The second-order valence-corrected chi connectivity index (χ2v) is 14.1. The molecule has 1 unspecified atom stereocenters. The van der Waals surface area contributed by atoms with Gasteiger partial charge in [-0.1, -0.05) is 84.9 Å². The third-order valence-corrected chi connectivity index (χ3v) is 9.39. The van der Waals surface area contributed by atoms with E-state index in [1.807, 2.05) is 30.3 Å². The van der Waals surface area contributed by atoms with Crippen molar-refractivity contribution in [3.63, 3.8) is 0 Å². The van der Waals surface area contributed by atoms with Crippen LogP contribution in [-0.4, -0.2) is 34.6 Å². The van der Waals surface area contributed by atoms with Gasteiger partial charge in [0.05, 0.1) is 0 Å². The maximum atomic E-state index is 13.9. The first-order valence-electron chi connectivity index (χ1n) is 19.2. The molecule has 0 fully saturated rings. The van der Waals surface area contributed by atoms with Crippen LogP contribution in [-0.2, 0) is 5.72 Å². The van der Waals surface area contributed by atoms with Gasteiger partial charge in [-0.05, 0) is 104 Å². The smallest absolute Gasteiger partial charge is 0.255 e. The largest absolute Gasteiger partial charge is 0.367 e. The van der Waals surface area contributed by atoms with Crippen LogP contribution in [0.25, 0.3) is 0 Å². The van der Waals surface area contributed by atoms with Gasteiger partial charge in [0.2, 0.25) is 0 Å². The van der Waals surface area contributed by atoms with Crippen molar-refractivity contribution in [1.82, 2.24) is 0 Å². The molecule has 0 aliphatic carbocycles. The summed E-state index contributed by atoms with van der Waals surface area (Å²) in [4.78, 5) is 67.2. The predicted octanol–water partition coefficient (Wildman–Crippen LogP) is 10.2. The van der Waals surface area contributed by atoms with Crippen molar-refractivity contribution in [2.45, 2.75) is 12.6 Å². The summed E-state index contributed by atoms with van der Waals surface area (Å²) in [7, 11) is 0. The van der Waals surface area contributed by atoms with Gasteiger partial charge in [0.15, 0.2) is 5.72 Å². The SMILES string of the molecule is CC(O)(Nc1cccc(NC(=O)c2cc(C(=O)Nc3cccc(NC(=O)c4ccccc4)c3)cc(C(=O)Nc3cccc(NC(=O)c4ccccc4)c3)c2)c1)c1ccccc1.[HH].[HH].[HH].[HH]. The lowest BCUT2D eigenvalue weighted by Gasteiger charge is -2.26. The van der Waals surface area contributed by atoms with Gasteiger partial charge in [0.1, 0.15) is 0 Å². The Morgan fingerprint density at radius 3 is 0.984 bits per heavy atom. The second-order valence-electron chi connectivity index (χ2n) is 14.1. The Hall–Kier alpha value is -8.35. The number of amides is 5. The summed E-state index contributed by atoms with van der Waals surface area (Å²) in [6.07, 6.45) is 0. The van der Waals surface area contributed by atoms with Crippen molar-refractivity contribution in [3.05, 3.63) is 215 Å². The number of benzene rings is 7. The minimum Gasteiger partial charge on any atom is -0.367 e. The molecule has 310 valence electrons. The Morgan fingerprint density at radius 1 is 0.361 bits per heavy atom. The van der Waals surface area contributed by atoms with E-state index in [4.69, 9.17) is 0 Å². The van der Waals surface area contributed by atoms with Crippen molar-refractivity contribution < 1.29 is 34.8 Å². The number of nitrogens with one attached hydrogen (secondary N) is 6. The zero-order valence-corrected chi connectivity index (χ0v) is 32.8. The van der Waals surface area contributed by atoms with Gasteiger partial charge in [-0.25, -0.2) is 0 Å². The number of rotatable bonds is 13. The highest BCUT2D eigenvalue weighted by molar-refractivity contribution is 6.13. The van der Waals surface area contributed by atoms with Crippen LogP contribution in [0.4, 0.5) is 34.1 Å². The molecule has 7 aromatic rings. The van der Waals surface area contributed by atoms with E-state index in [1.165, 1.54) is 18.2 Å². The molecular weight excluding hydrogens is 769 g/mol. The number of carbonyl (C=O) groups is 5. The zero-order valence-electron chi connectivity index (χ0n) is 32.8. The van der Waals surface area contributed by atoms with Crippen LogP contribution in [0.3, 0.4) is 0 Å². The van der Waals surface area contributed by atoms with E-state index in [0.717, 1.165) is 0 Å². The van der Waals surface area contributed by atoms with E-state index in [9.17, 15) is 29.1 Å². The van der Waals surface area contributed by atoms with Crippen LogP contribution in [0.15, 0.2) is 182 Å². The molecule has 0 heterocycles. The summed E-state index contributed by atoms with van der Waals surface area (Å²) in [5.41, 5.74) is 2.59. The molecule has 0 saturated heterocycles. The zero-order chi connectivity index (χ0) is 42.8. The molecule has 0 radical (unpaired) electrons. The first-order valence-corrected chi connectivity index (χ1v) is 19.2. The number of aliphatic hydroxyl groups is 1. The molecule has 7 rings (SSSR count). The van der Waals surface area contributed by atoms with Crippen molar-refractivity contribution in [3.8, 4) is 0 Å². The highest BCUT2D eigenvalue weighted by Crippen LogP contribution is 2.26. The van der Waals surface area contributed by atoms with E-state index in [0.29, 0.717) is 50.8 Å². The van der Waals surface area contributed by atoms with Crippen molar-refractivity contribution in [2.75, 3.05) is 31.9 Å². The Bertz CT molecular complexity index is 2620. The highest BCUT2D eigenvalue weighted by atomic mass is 16.3. The summed E-state index contributed by atoms with van der Waals surface area (Å²) >= 11 is 0. The molecule has 0 aromatic heterocycles. The summed E-state index contributed by atoms with van der Waals surface area (Å²) in [5, 5.41) is 28.3. The van der Waals surface area contributed by atoms with Gasteiger partial charge in [-0.3, -0.25) is 24.0 Å². The fraction of sp³-hybridized carbons (Fsp3) is 0.0408. The maximum absolute atomic E-state index is 13.9. The highest BCUT2D eigenvalue weighted by Gasteiger charge is 2.23. The fourth-order valence-corrected chi connectivity index (χ4v) is 6.36. The van der Waals surface area contributed by atoms with Crippen LogP contribution >= 0.6 is 0 Å². The molecule has 12 heteroatoms. The van der Waals surface area contributed by atoms with Crippen LogP contribution in [0.1, 0.15) is 70.0 Å². The molecule has 0 bridgehead atoms. The van der Waals surface area contributed by atoms with Crippen LogP contribution in [0, 0.1) is 0 Å². The Kier molecular flexibility index (Phi) is 12.4. The van der Waals surface area contributed by atoms with Gasteiger partial charge < -0.3 is 37.0 Å². The Morgan fingerprint density at radius 2 is 0.639 bits per heavy atom. The van der Waals surface area contributed by atoms with E-state index in [1.54, 1.807) is 140 Å². The summed E-state index contributed by atoms with van der Waals surface area (Å²) in [6.45, 7) is 1.62. The van der Waals surface area contributed by atoms with Gasteiger partial charge in [-0.15, -0.1) is 0 Å². The van der Waals surface area contributed by atoms with Crippen molar-refractivity contribution >= 4 is 63.7 Å². The fourth-order valence-electron chi connectivity index (χ4n) is 6.36. The van der Waals surface area contributed by atoms with E-state index in [2.05, 4.69) is 31.9 Å². The lowest BCUT2D eigenvalue weighted by atomic mass is 10.0. The number of hydrogen-bond acceptors (Lipinski definition) is 7. The number of carbonyl (C=O) groups excluding carboxylic acids is 5. The molecule has 12 nitrogen and oxygen atoms in total. The van der Waals surface area contributed by atoms with Crippen LogP contribution in [0.2, 0.25) is 0 Å². The maximum Gasteiger partial charge on any atom is 0.255 e. The normalized spacial score (nSPS) is 11.6. The molecule has 7 aromatic carbocycles. The van der Waals surface area contributed by atoms with Gasteiger partial charge in [0, 0.05) is 73.2 Å². The number of hydrogen-bond donors (Lipinski definition) is 7. The number of anilines is 6. The van der Waals surface area contributed by atoms with E-state index in [-0.39, 0.29) is 34.2 Å². The quantitative estimate of drug-likeness (QED) is 0.0566. The monoisotopic (exact) mass is 816 g/mol. The molecule has 0 aliphatic rings. The van der Waals surface area contributed by atoms with Gasteiger partial charge in [-0.2, -0.15) is 0 Å².